The van der Waals surface area contributed by atoms with Crippen LogP contribution < -0.4 is 9.47 Å². The van der Waals surface area contributed by atoms with Crippen molar-refractivity contribution in [1.82, 2.24) is 0 Å². The van der Waals surface area contributed by atoms with Gasteiger partial charge in [-0.25, -0.2) is 0 Å². The van der Waals surface area contributed by atoms with Gasteiger partial charge in [-0.05, 0) is 36.5 Å². The van der Waals surface area contributed by atoms with Crippen LogP contribution >= 0.6 is 0 Å². The van der Waals surface area contributed by atoms with Gasteiger partial charge in [0.05, 0.1) is 26.4 Å². The number of carbonyl (C=O) groups excluding carboxylic acids is 2. The van der Waals surface area contributed by atoms with Crippen molar-refractivity contribution in [3.05, 3.63) is 35.4 Å². The highest BCUT2D eigenvalue weighted by molar-refractivity contribution is 5.70. The van der Waals surface area contributed by atoms with Gasteiger partial charge in [0.25, 0.3) is 0 Å². The highest BCUT2D eigenvalue weighted by atomic mass is 16.6. The minimum atomic E-state index is -0.395. The second-order valence-electron chi connectivity index (χ2n) is 8.26. The molecular weight excluding hydrogens is 372 g/mol. The number of benzene rings is 1. The molecule has 158 valence electrons. The lowest BCUT2D eigenvalue weighted by atomic mass is 9.56. The molecule has 3 rings (SSSR count). The number of allylic oxidation sites excluding steroid dienone is 1. The maximum Gasteiger partial charge on any atom is 0.308 e. The Labute approximate surface area is 172 Å². The van der Waals surface area contributed by atoms with Crippen LogP contribution in [0.25, 0.3) is 0 Å². The summed E-state index contributed by atoms with van der Waals surface area (Å²) in [6.07, 6.45) is 2.13. The first-order valence-electron chi connectivity index (χ1n) is 9.99. The molecule has 6 heteroatoms. The number of esters is 2. The number of rotatable bonds is 5. The fourth-order valence-corrected chi connectivity index (χ4v) is 4.89. The Balaban J connectivity index is 1.95. The van der Waals surface area contributed by atoms with Crippen LogP contribution in [-0.4, -0.2) is 32.3 Å². The molecule has 0 aromatic heterocycles. The molecule has 1 saturated heterocycles. The Kier molecular flexibility index (Phi) is 6.03. The third-order valence-electron chi connectivity index (χ3n) is 6.56. The second-order valence-corrected chi connectivity index (χ2v) is 8.26. The van der Waals surface area contributed by atoms with E-state index in [0.717, 1.165) is 5.56 Å². The van der Waals surface area contributed by atoms with E-state index in [2.05, 4.69) is 26.8 Å². The molecule has 1 fully saturated rings. The molecule has 0 saturated carbocycles. The van der Waals surface area contributed by atoms with Crippen molar-refractivity contribution in [1.29, 1.82) is 0 Å². The molecule has 29 heavy (non-hydrogen) atoms. The summed E-state index contributed by atoms with van der Waals surface area (Å²) in [6, 6.07) is 5.54. The van der Waals surface area contributed by atoms with Crippen molar-refractivity contribution in [3.8, 4) is 11.5 Å². The van der Waals surface area contributed by atoms with Gasteiger partial charge in [-0.1, -0.05) is 31.6 Å². The molecule has 1 aliphatic heterocycles. The summed E-state index contributed by atoms with van der Waals surface area (Å²) in [5.74, 6) is 0.885. The van der Waals surface area contributed by atoms with Gasteiger partial charge in [-0.2, -0.15) is 0 Å². The van der Waals surface area contributed by atoms with Crippen LogP contribution in [0.2, 0.25) is 0 Å². The molecule has 5 atom stereocenters. The summed E-state index contributed by atoms with van der Waals surface area (Å²) in [5, 5.41) is 0. The quantitative estimate of drug-likeness (QED) is 0.420. The van der Waals surface area contributed by atoms with Gasteiger partial charge in [0.15, 0.2) is 11.5 Å². The Bertz CT molecular complexity index is 829. The van der Waals surface area contributed by atoms with Crippen molar-refractivity contribution in [2.75, 3.05) is 20.3 Å². The van der Waals surface area contributed by atoms with Crippen molar-refractivity contribution in [3.63, 3.8) is 0 Å². The zero-order valence-corrected chi connectivity index (χ0v) is 18.0. The molecule has 2 bridgehead atoms. The van der Waals surface area contributed by atoms with Gasteiger partial charge in [-0.3, -0.25) is 9.59 Å². The first-order valence-corrected chi connectivity index (χ1v) is 9.99. The number of hydrogen-bond acceptors (Lipinski definition) is 6. The molecule has 2 aliphatic rings. The van der Waals surface area contributed by atoms with Gasteiger partial charge in [0.2, 0.25) is 0 Å². The zero-order chi connectivity index (χ0) is 21.3. The van der Waals surface area contributed by atoms with E-state index in [1.807, 2.05) is 12.1 Å². The van der Waals surface area contributed by atoms with Gasteiger partial charge in [0.1, 0.15) is 0 Å². The minimum Gasteiger partial charge on any atom is -0.493 e. The topological polar surface area (TPSA) is 71.1 Å². The van der Waals surface area contributed by atoms with E-state index in [1.165, 1.54) is 19.4 Å². The van der Waals surface area contributed by atoms with Crippen molar-refractivity contribution >= 4 is 11.9 Å². The third-order valence-corrected chi connectivity index (χ3v) is 6.56. The average molecular weight is 402 g/mol. The highest BCUT2D eigenvalue weighted by Gasteiger charge is 2.54. The molecule has 0 radical (unpaired) electrons. The van der Waals surface area contributed by atoms with Gasteiger partial charge >= 0.3 is 11.9 Å². The molecule has 0 N–H and O–H groups in total. The van der Waals surface area contributed by atoms with Crippen LogP contribution in [0, 0.1) is 23.2 Å². The Hall–Kier alpha value is -2.34. The number of hydrogen-bond donors (Lipinski definition) is 0. The molecule has 0 amide bonds. The lowest BCUT2D eigenvalue weighted by molar-refractivity contribution is -0.180. The Morgan fingerprint density at radius 1 is 1.17 bits per heavy atom. The maximum absolute atomic E-state index is 11.5. The van der Waals surface area contributed by atoms with Crippen LogP contribution in [0.3, 0.4) is 0 Å². The molecule has 1 aromatic rings. The van der Waals surface area contributed by atoms with Crippen molar-refractivity contribution in [2.45, 2.75) is 40.7 Å². The van der Waals surface area contributed by atoms with Crippen LogP contribution in [0.15, 0.2) is 29.8 Å². The predicted molar refractivity (Wildman–Crippen MR) is 108 cm³/mol. The second kappa shape index (κ2) is 8.19. The monoisotopic (exact) mass is 402 g/mol. The highest BCUT2D eigenvalue weighted by Crippen LogP contribution is 2.56. The molecule has 0 unspecified atom stereocenters. The molecule has 1 aromatic carbocycles. The molecule has 6 nitrogen and oxygen atoms in total. The summed E-state index contributed by atoms with van der Waals surface area (Å²) >= 11 is 0. The fourth-order valence-electron chi connectivity index (χ4n) is 4.89. The van der Waals surface area contributed by atoms with Crippen LogP contribution in [0.4, 0.5) is 0 Å². The van der Waals surface area contributed by atoms with Crippen LogP contribution in [-0.2, 0) is 19.1 Å². The van der Waals surface area contributed by atoms with Crippen LogP contribution in [0.1, 0.15) is 46.3 Å². The summed E-state index contributed by atoms with van der Waals surface area (Å²) in [4.78, 5) is 22.8. The van der Waals surface area contributed by atoms with E-state index < -0.39 is 5.97 Å². The molecular formula is C23H30O6. The third kappa shape index (κ3) is 3.90. The van der Waals surface area contributed by atoms with Gasteiger partial charge in [-0.15, -0.1) is 0 Å². The number of fused-ring (bicyclic) bond motifs is 2. The number of ether oxygens (including phenoxy) is 4. The lowest BCUT2D eigenvalue weighted by Gasteiger charge is -2.55. The summed E-state index contributed by atoms with van der Waals surface area (Å²) in [7, 11) is 1.55. The molecule has 1 aliphatic carbocycles. The van der Waals surface area contributed by atoms with Crippen LogP contribution in [0.5, 0.6) is 11.5 Å². The number of carbonyl (C=O) groups is 2. The average Bonchev–Trinajstić information content (AvgIpc) is 2.65. The van der Waals surface area contributed by atoms with Gasteiger partial charge < -0.3 is 18.9 Å². The summed E-state index contributed by atoms with van der Waals surface area (Å²) in [5.41, 5.74) is 2.00. The SMILES string of the molecule is COc1cc([C@H]2OC[C@]3(COC(C)=O)[C@H](C)C=C(C)[C@@H]2[C@H]3C)ccc1OC(C)=O. The van der Waals surface area contributed by atoms with Crippen molar-refractivity contribution < 1.29 is 28.5 Å². The largest absolute Gasteiger partial charge is 0.493 e. The zero-order valence-electron chi connectivity index (χ0n) is 18.0. The van der Waals surface area contributed by atoms with E-state index in [-0.39, 0.29) is 35.2 Å². The van der Waals surface area contributed by atoms with E-state index in [4.69, 9.17) is 18.9 Å². The summed E-state index contributed by atoms with van der Waals surface area (Å²) in [6.45, 7) is 10.2. The Morgan fingerprint density at radius 2 is 1.90 bits per heavy atom. The first-order chi connectivity index (χ1) is 13.7. The Morgan fingerprint density at radius 3 is 2.52 bits per heavy atom. The maximum atomic E-state index is 11.5. The smallest absolute Gasteiger partial charge is 0.308 e. The summed E-state index contributed by atoms with van der Waals surface area (Å²) < 4.78 is 22.5. The van der Waals surface area contributed by atoms with E-state index in [0.29, 0.717) is 24.7 Å². The number of methoxy groups -OCH3 is 1. The predicted octanol–water partition coefficient (Wildman–Crippen LogP) is 4.09. The van der Waals surface area contributed by atoms with E-state index >= 15 is 0 Å². The van der Waals surface area contributed by atoms with Crippen molar-refractivity contribution in [2.24, 2.45) is 23.2 Å². The van der Waals surface area contributed by atoms with Gasteiger partial charge in [0, 0.05) is 25.2 Å². The first kappa shape index (κ1) is 21.4. The minimum absolute atomic E-state index is 0.153. The fraction of sp³-hybridized carbons (Fsp3) is 0.565. The van der Waals surface area contributed by atoms with E-state index in [9.17, 15) is 9.59 Å². The normalized spacial score (nSPS) is 30.9. The molecule has 0 spiro atoms. The van der Waals surface area contributed by atoms with E-state index in [1.54, 1.807) is 13.2 Å². The standard InChI is InChI=1S/C23H30O6/c1-13-9-14(2)23(11-27-16(4)24)12-28-22(21(13)15(23)3)18-7-8-19(29-17(5)25)20(10-18)26-6/h7-10,14-15,21-22H,11-12H2,1-6H3/t14-,15-,21-,22-,23-/m1/s1. The lowest BCUT2D eigenvalue weighted by Crippen LogP contribution is -2.54. The molecule has 1 heterocycles.